The topological polar surface area (TPSA) is 0 Å². The van der Waals surface area contributed by atoms with Crippen LogP contribution in [-0.2, 0) is 0 Å². The van der Waals surface area contributed by atoms with Gasteiger partial charge in [0.05, 0.1) is 0 Å². The van der Waals surface area contributed by atoms with E-state index in [4.69, 9.17) is 0 Å². The zero-order chi connectivity index (χ0) is 12.9. The van der Waals surface area contributed by atoms with Gasteiger partial charge in [0.1, 0.15) is 0 Å². The molecule has 1 radical (unpaired) electrons. The van der Waals surface area contributed by atoms with Gasteiger partial charge in [0.2, 0.25) is 0 Å². The first-order valence-electron chi connectivity index (χ1n) is 6.60. The summed E-state index contributed by atoms with van der Waals surface area (Å²) >= 11 is 0. The van der Waals surface area contributed by atoms with Gasteiger partial charge in [-0.2, -0.15) is 0 Å². The Morgan fingerprint density at radius 1 is 0.400 bits per heavy atom. The van der Waals surface area contributed by atoms with Gasteiger partial charge >= 0.3 is 29.6 Å². The molecule has 0 aliphatic heterocycles. The molecule has 0 aliphatic rings. The molecule has 0 aromatic heterocycles. The summed E-state index contributed by atoms with van der Waals surface area (Å²) in [5, 5.41) is 0. The molecule has 2 heteroatoms. The van der Waals surface area contributed by atoms with Gasteiger partial charge in [-0.1, -0.05) is 91.0 Å². The summed E-state index contributed by atoms with van der Waals surface area (Å²) in [6.07, 6.45) is 0. The van der Waals surface area contributed by atoms with E-state index in [1.807, 2.05) is 0 Å². The molecule has 0 nitrogen and oxygen atoms in total. The van der Waals surface area contributed by atoms with Gasteiger partial charge in [-0.15, -0.1) is 0 Å². The van der Waals surface area contributed by atoms with Crippen molar-refractivity contribution in [2.75, 3.05) is 0 Å². The molecular formula is C18H15BNa. The Morgan fingerprint density at radius 2 is 0.650 bits per heavy atom. The van der Waals surface area contributed by atoms with Crippen LogP contribution < -0.4 is 45.9 Å². The molecule has 0 spiro atoms. The molecule has 0 heterocycles. The van der Waals surface area contributed by atoms with Gasteiger partial charge in [-0.3, -0.25) is 0 Å². The summed E-state index contributed by atoms with van der Waals surface area (Å²) < 4.78 is 0. The van der Waals surface area contributed by atoms with E-state index in [1.54, 1.807) is 0 Å². The van der Waals surface area contributed by atoms with Crippen LogP contribution in [0.3, 0.4) is 0 Å². The van der Waals surface area contributed by atoms with Gasteiger partial charge in [0.25, 0.3) is 0 Å². The van der Waals surface area contributed by atoms with Gasteiger partial charge in [-0.25, -0.2) is 16.4 Å². The summed E-state index contributed by atoms with van der Waals surface area (Å²) in [6, 6.07) is 32.0. The maximum absolute atomic E-state index is 2.20. The third-order valence-electron chi connectivity index (χ3n) is 3.40. The monoisotopic (exact) mass is 265 g/mol. The Hall–Kier alpha value is -1.28. The van der Waals surface area contributed by atoms with Crippen molar-refractivity contribution in [3.8, 4) is 0 Å². The van der Waals surface area contributed by atoms with Crippen LogP contribution in [0.2, 0.25) is 0 Å². The Labute approximate surface area is 143 Å². The van der Waals surface area contributed by atoms with Crippen molar-refractivity contribution in [3.63, 3.8) is 0 Å². The van der Waals surface area contributed by atoms with E-state index in [0.717, 1.165) is 0 Å². The number of hydrogen-bond donors (Lipinski definition) is 0. The summed E-state index contributed by atoms with van der Waals surface area (Å²) in [7, 11) is 0. The molecule has 3 rings (SSSR count). The first-order valence-corrected chi connectivity index (χ1v) is 6.60. The van der Waals surface area contributed by atoms with Crippen LogP contribution in [0, 0.1) is 0 Å². The summed E-state index contributed by atoms with van der Waals surface area (Å²) in [6.45, 7) is 0.309. The fourth-order valence-corrected chi connectivity index (χ4v) is 2.51. The minimum Gasteiger partial charge on any atom is -0.233 e. The van der Waals surface area contributed by atoms with Gasteiger partial charge in [0, 0.05) is 0 Å². The zero-order valence-electron chi connectivity index (χ0n) is 11.7. The minimum absolute atomic E-state index is 0. The third-order valence-corrected chi connectivity index (χ3v) is 3.40. The average Bonchev–Trinajstić information content (AvgIpc) is 2.51. The maximum Gasteiger partial charge on any atom is 1.00 e. The van der Waals surface area contributed by atoms with Crippen LogP contribution in [0.1, 0.15) is 0 Å². The smallest absolute Gasteiger partial charge is 0.233 e. The van der Waals surface area contributed by atoms with Crippen molar-refractivity contribution >= 4 is 23.1 Å². The van der Waals surface area contributed by atoms with Crippen LogP contribution in [-0.4, -0.2) is 6.71 Å². The van der Waals surface area contributed by atoms with Crippen LogP contribution in [0.15, 0.2) is 91.0 Å². The van der Waals surface area contributed by atoms with E-state index < -0.39 is 0 Å². The molecule has 0 aliphatic carbocycles. The minimum atomic E-state index is 0. The Balaban J connectivity index is 0.00000147. The Bertz CT molecular complexity index is 529. The molecule has 20 heavy (non-hydrogen) atoms. The molecule has 0 atom stereocenters. The predicted molar refractivity (Wildman–Crippen MR) is 84.0 cm³/mol. The second kappa shape index (κ2) is 7.49. The SMILES string of the molecule is [Na+].c1ccc([B-](c2ccccc2)c2ccccc2)cc1. The normalized spacial score (nSPS) is 10.1. The molecule has 0 saturated heterocycles. The second-order valence-electron chi connectivity index (χ2n) is 4.67. The van der Waals surface area contributed by atoms with Crippen LogP contribution in [0.5, 0.6) is 0 Å². The number of hydrogen-bond acceptors (Lipinski definition) is 0. The summed E-state index contributed by atoms with van der Waals surface area (Å²) in [5.74, 6) is 0. The zero-order valence-corrected chi connectivity index (χ0v) is 13.7. The molecule has 3 aromatic carbocycles. The predicted octanol–water partition coefficient (Wildman–Crippen LogP) is -0.793. The molecule has 0 amide bonds. The number of benzene rings is 3. The van der Waals surface area contributed by atoms with E-state index in [9.17, 15) is 0 Å². The van der Waals surface area contributed by atoms with Crippen molar-refractivity contribution in [3.05, 3.63) is 91.0 Å². The molecule has 0 fully saturated rings. The maximum atomic E-state index is 2.20. The standard InChI is InChI=1S/C18H15B.Na/c1-4-10-16(11-5-1)19(17-12-6-2-7-13-17)18-14-8-3-9-15-18;/h1-15H;/q-1;+1. The van der Waals surface area contributed by atoms with Crippen LogP contribution in [0.25, 0.3) is 0 Å². The summed E-state index contributed by atoms with van der Waals surface area (Å²) in [4.78, 5) is 0. The second-order valence-corrected chi connectivity index (χ2v) is 4.67. The first-order chi connectivity index (χ1) is 9.45. The van der Waals surface area contributed by atoms with Crippen molar-refractivity contribution in [2.24, 2.45) is 0 Å². The Morgan fingerprint density at radius 3 is 0.900 bits per heavy atom. The molecule has 0 N–H and O–H groups in total. The average molecular weight is 265 g/mol. The van der Waals surface area contributed by atoms with E-state index >= 15 is 0 Å². The van der Waals surface area contributed by atoms with E-state index in [0.29, 0.717) is 6.71 Å². The van der Waals surface area contributed by atoms with Gasteiger partial charge < -0.3 is 0 Å². The largest absolute Gasteiger partial charge is 1.00 e. The van der Waals surface area contributed by atoms with Crippen molar-refractivity contribution in [2.45, 2.75) is 0 Å². The van der Waals surface area contributed by atoms with Crippen molar-refractivity contribution < 1.29 is 29.6 Å². The first kappa shape index (κ1) is 15.1. The number of rotatable bonds is 3. The molecule has 0 bridgehead atoms. The molecule has 3 aromatic rings. The van der Waals surface area contributed by atoms with Crippen molar-refractivity contribution in [1.82, 2.24) is 0 Å². The van der Waals surface area contributed by atoms with Crippen LogP contribution >= 0.6 is 0 Å². The molecular weight excluding hydrogens is 250 g/mol. The third kappa shape index (κ3) is 3.43. The van der Waals surface area contributed by atoms with Crippen molar-refractivity contribution in [1.29, 1.82) is 0 Å². The van der Waals surface area contributed by atoms with Crippen LogP contribution in [0.4, 0.5) is 0 Å². The summed E-state index contributed by atoms with van der Waals surface area (Å²) in [5.41, 5.74) is 4.00. The fourth-order valence-electron chi connectivity index (χ4n) is 2.51. The van der Waals surface area contributed by atoms with E-state index in [-0.39, 0.29) is 29.6 Å². The quantitative estimate of drug-likeness (QED) is 0.544. The molecule has 91 valence electrons. The Kier molecular flexibility index (Phi) is 5.66. The fraction of sp³-hybridized carbons (Fsp3) is 0. The van der Waals surface area contributed by atoms with E-state index in [2.05, 4.69) is 91.0 Å². The van der Waals surface area contributed by atoms with E-state index in [1.165, 1.54) is 16.4 Å². The molecule has 0 unspecified atom stereocenters. The van der Waals surface area contributed by atoms with Gasteiger partial charge in [0.15, 0.2) is 0 Å². The molecule has 0 saturated carbocycles. The van der Waals surface area contributed by atoms with Gasteiger partial charge in [-0.05, 0) is 6.71 Å².